The van der Waals surface area contributed by atoms with Gasteiger partial charge in [0.15, 0.2) is 5.78 Å². The summed E-state index contributed by atoms with van der Waals surface area (Å²) >= 11 is 0. The third kappa shape index (κ3) is 0.900. The molecule has 2 nitrogen and oxygen atoms in total. The van der Waals surface area contributed by atoms with Crippen LogP contribution >= 0.6 is 0 Å². The van der Waals surface area contributed by atoms with Crippen molar-refractivity contribution in [1.82, 2.24) is 0 Å². The van der Waals surface area contributed by atoms with Crippen LogP contribution in [0, 0.1) is 5.92 Å². The lowest BCUT2D eigenvalue weighted by atomic mass is 10.1. The highest BCUT2D eigenvalue weighted by Crippen LogP contribution is 2.19. The summed E-state index contributed by atoms with van der Waals surface area (Å²) in [7, 11) is 0. The molecule has 9 heavy (non-hydrogen) atoms. The maximum atomic E-state index is 10.9. The van der Waals surface area contributed by atoms with Crippen molar-refractivity contribution in [2.75, 3.05) is 0 Å². The van der Waals surface area contributed by atoms with E-state index in [1.54, 1.807) is 19.9 Å². The molecule has 0 aromatic rings. The molecule has 0 radical (unpaired) electrons. The van der Waals surface area contributed by atoms with Gasteiger partial charge in [0.05, 0.1) is 6.10 Å². The van der Waals surface area contributed by atoms with Gasteiger partial charge in [0.2, 0.25) is 0 Å². The molecule has 0 aliphatic heterocycles. The number of Topliss-reactive ketones (excluding diaryl/α,β-unsaturated/α-hetero) is 1. The van der Waals surface area contributed by atoms with Crippen molar-refractivity contribution in [3.05, 3.63) is 11.6 Å². The van der Waals surface area contributed by atoms with Crippen LogP contribution in [-0.4, -0.2) is 17.0 Å². The van der Waals surface area contributed by atoms with Gasteiger partial charge in [0, 0.05) is 5.92 Å². The Hall–Kier alpha value is -0.630. The Morgan fingerprint density at radius 2 is 2.22 bits per heavy atom. The Kier molecular flexibility index (Phi) is 1.41. The molecule has 0 aromatic carbocycles. The average molecular weight is 126 g/mol. The van der Waals surface area contributed by atoms with Crippen LogP contribution in [0.1, 0.15) is 13.8 Å². The second-order valence-corrected chi connectivity index (χ2v) is 2.49. The summed E-state index contributed by atoms with van der Waals surface area (Å²) in [5.74, 6) is -0.146. The van der Waals surface area contributed by atoms with Crippen LogP contribution in [0.15, 0.2) is 11.6 Å². The van der Waals surface area contributed by atoms with E-state index in [0.29, 0.717) is 5.57 Å². The molecule has 0 bridgehead atoms. The highest BCUT2D eigenvalue weighted by Gasteiger charge is 2.27. The summed E-state index contributed by atoms with van der Waals surface area (Å²) in [5.41, 5.74) is 0.690. The topological polar surface area (TPSA) is 37.3 Å². The first-order valence-electron chi connectivity index (χ1n) is 3.03. The first-order chi connectivity index (χ1) is 4.13. The number of hydrogen-bond donors (Lipinski definition) is 1. The van der Waals surface area contributed by atoms with E-state index in [4.69, 9.17) is 5.11 Å². The summed E-state index contributed by atoms with van der Waals surface area (Å²) in [6, 6.07) is 0. The first-order valence-corrected chi connectivity index (χ1v) is 3.03. The molecule has 0 aromatic heterocycles. The van der Waals surface area contributed by atoms with Gasteiger partial charge in [0.25, 0.3) is 0 Å². The molecule has 0 fully saturated rings. The summed E-state index contributed by atoms with van der Waals surface area (Å²) in [6.45, 7) is 3.47. The van der Waals surface area contributed by atoms with E-state index in [1.165, 1.54) is 0 Å². The van der Waals surface area contributed by atoms with Crippen molar-refractivity contribution in [2.45, 2.75) is 20.0 Å². The van der Waals surface area contributed by atoms with E-state index < -0.39 is 6.10 Å². The van der Waals surface area contributed by atoms with E-state index in [0.717, 1.165) is 0 Å². The standard InChI is InChI=1S/C7H10O2/c1-4-3-6(8)5(2)7(4)9/h3,5-6,8H,1-2H3/t5-,6-/m1/s1. The normalized spacial score (nSPS) is 35.0. The fourth-order valence-corrected chi connectivity index (χ4v) is 0.997. The molecule has 1 N–H and O–H groups in total. The second kappa shape index (κ2) is 1.95. The molecule has 0 unspecified atom stereocenters. The summed E-state index contributed by atoms with van der Waals surface area (Å²) < 4.78 is 0. The van der Waals surface area contributed by atoms with Gasteiger partial charge in [-0.15, -0.1) is 0 Å². The van der Waals surface area contributed by atoms with E-state index >= 15 is 0 Å². The maximum Gasteiger partial charge on any atom is 0.164 e. The van der Waals surface area contributed by atoms with Crippen molar-refractivity contribution in [3.8, 4) is 0 Å². The fraction of sp³-hybridized carbons (Fsp3) is 0.571. The largest absolute Gasteiger partial charge is 0.388 e. The summed E-state index contributed by atoms with van der Waals surface area (Å²) in [4.78, 5) is 10.9. The van der Waals surface area contributed by atoms with E-state index in [-0.39, 0.29) is 11.7 Å². The third-order valence-corrected chi connectivity index (χ3v) is 1.74. The zero-order valence-corrected chi connectivity index (χ0v) is 5.59. The predicted molar refractivity (Wildman–Crippen MR) is 33.9 cm³/mol. The van der Waals surface area contributed by atoms with Gasteiger partial charge in [-0.3, -0.25) is 4.79 Å². The minimum atomic E-state index is -0.544. The Labute approximate surface area is 54.2 Å². The van der Waals surface area contributed by atoms with E-state index in [2.05, 4.69) is 0 Å². The predicted octanol–water partition coefficient (Wildman–Crippen LogP) is 0.512. The number of carbonyl (C=O) groups is 1. The van der Waals surface area contributed by atoms with Crippen molar-refractivity contribution in [1.29, 1.82) is 0 Å². The minimum absolute atomic E-state index is 0.0718. The number of aliphatic hydroxyl groups is 1. The van der Waals surface area contributed by atoms with Crippen LogP contribution in [0.2, 0.25) is 0 Å². The SMILES string of the molecule is CC1=C[C@@H](O)[C@@H](C)C1=O. The van der Waals surface area contributed by atoms with Crippen LogP contribution in [0.3, 0.4) is 0 Å². The van der Waals surface area contributed by atoms with Crippen LogP contribution in [0.4, 0.5) is 0 Å². The van der Waals surface area contributed by atoms with Crippen molar-refractivity contribution in [3.63, 3.8) is 0 Å². The lowest BCUT2D eigenvalue weighted by Crippen LogP contribution is -2.16. The van der Waals surface area contributed by atoms with Gasteiger partial charge in [-0.25, -0.2) is 0 Å². The Bertz CT molecular complexity index is 170. The van der Waals surface area contributed by atoms with Crippen molar-refractivity contribution >= 4 is 5.78 Å². The number of ketones is 1. The average Bonchev–Trinajstić information content (AvgIpc) is 1.98. The van der Waals surface area contributed by atoms with Crippen molar-refractivity contribution < 1.29 is 9.90 Å². The second-order valence-electron chi connectivity index (χ2n) is 2.49. The molecule has 50 valence electrons. The van der Waals surface area contributed by atoms with Crippen LogP contribution < -0.4 is 0 Å². The summed E-state index contributed by atoms with van der Waals surface area (Å²) in [6.07, 6.45) is 1.06. The monoisotopic (exact) mass is 126 g/mol. The van der Waals surface area contributed by atoms with E-state index in [9.17, 15) is 4.79 Å². The lowest BCUT2D eigenvalue weighted by molar-refractivity contribution is -0.119. The van der Waals surface area contributed by atoms with Gasteiger partial charge in [-0.05, 0) is 18.6 Å². The quantitative estimate of drug-likeness (QED) is 0.513. The minimum Gasteiger partial charge on any atom is -0.388 e. The molecule has 2 atom stereocenters. The van der Waals surface area contributed by atoms with Gasteiger partial charge in [-0.1, -0.05) is 6.92 Å². The Balaban J connectivity index is 2.82. The number of rotatable bonds is 0. The number of allylic oxidation sites excluding steroid dienone is 1. The van der Waals surface area contributed by atoms with Gasteiger partial charge < -0.3 is 5.11 Å². The molecular weight excluding hydrogens is 116 g/mol. The summed E-state index contributed by atoms with van der Waals surface area (Å²) in [5, 5.41) is 9.04. The maximum absolute atomic E-state index is 10.9. The molecule has 0 spiro atoms. The molecule has 1 rings (SSSR count). The molecule has 0 saturated carbocycles. The van der Waals surface area contributed by atoms with Crippen LogP contribution in [0.5, 0.6) is 0 Å². The molecule has 0 heterocycles. The highest BCUT2D eigenvalue weighted by molar-refractivity contribution is 5.99. The Morgan fingerprint density at radius 3 is 2.33 bits per heavy atom. The zero-order chi connectivity index (χ0) is 7.02. The number of aliphatic hydroxyl groups excluding tert-OH is 1. The van der Waals surface area contributed by atoms with Crippen molar-refractivity contribution in [2.24, 2.45) is 5.92 Å². The molecule has 0 saturated heterocycles. The molecular formula is C7H10O2. The van der Waals surface area contributed by atoms with Crippen LogP contribution in [-0.2, 0) is 4.79 Å². The fourth-order valence-electron chi connectivity index (χ4n) is 0.997. The molecule has 1 aliphatic carbocycles. The number of hydrogen-bond acceptors (Lipinski definition) is 2. The molecule has 1 aliphatic rings. The smallest absolute Gasteiger partial charge is 0.164 e. The molecule has 2 heteroatoms. The molecule has 0 amide bonds. The third-order valence-electron chi connectivity index (χ3n) is 1.74. The highest BCUT2D eigenvalue weighted by atomic mass is 16.3. The lowest BCUT2D eigenvalue weighted by Gasteiger charge is -2.03. The zero-order valence-electron chi connectivity index (χ0n) is 5.59. The number of carbonyl (C=O) groups excluding carboxylic acids is 1. The first kappa shape index (κ1) is 6.49. The van der Waals surface area contributed by atoms with E-state index in [1.807, 2.05) is 0 Å². The van der Waals surface area contributed by atoms with Gasteiger partial charge in [0.1, 0.15) is 0 Å². The van der Waals surface area contributed by atoms with Crippen LogP contribution in [0.25, 0.3) is 0 Å². The van der Waals surface area contributed by atoms with Gasteiger partial charge in [-0.2, -0.15) is 0 Å². The van der Waals surface area contributed by atoms with Gasteiger partial charge >= 0.3 is 0 Å². The Morgan fingerprint density at radius 1 is 1.67 bits per heavy atom.